The Morgan fingerprint density at radius 1 is 1.06 bits per heavy atom. The predicted molar refractivity (Wildman–Crippen MR) is 66.6 cm³/mol. The third kappa shape index (κ3) is 4.76. The fourth-order valence-electron chi connectivity index (χ4n) is 1.28. The summed E-state index contributed by atoms with van der Waals surface area (Å²) < 4.78 is 0. The molecule has 0 fully saturated rings. The Morgan fingerprint density at radius 3 is 1.81 bits per heavy atom. The molecular weight excluding hydrogens is 311 g/mol. The van der Waals surface area contributed by atoms with Crippen LogP contribution in [0.15, 0.2) is 0 Å². The normalized spacial score (nSPS) is 11.8. The number of hydrogen-bond donors (Lipinski definition) is 2. The van der Waals surface area contributed by atoms with Gasteiger partial charge in [0, 0.05) is 6.42 Å². The van der Waals surface area contributed by atoms with Crippen LogP contribution in [-0.2, 0) is 9.59 Å². The Hall–Kier alpha value is -0.190. The van der Waals surface area contributed by atoms with E-state index < -0.39 is 22.8 Å². The third-order valence-electron chi connectivity index (χ3n) is 3.42. The zero-order valence-corrected chi connectivity index (χ0v) is 9.83. The summed E-state index contributed by atoms with van der Waals surface area (Å²) in [5.41, 5.74) is -1.25. The van der Waals surface area contributed by atoms with E-state index >= 15 is 0 Å². The van der Waals surface area contributed by atoms with Crippen LogP contribution in [-0.4, -0.2) is 48.0 Å². The molecule has 0 rings (SSSR count). The van der Waals surface area contributed by atoms with Crippen LogP contribution in [0.25, 0.3) is 0 Å². The van der Waals surface area contributed by atoms with Gasteiger partial charge in [-0.1, -0.05) is 13.8 Å². The van der Waals surface area contributed by atoms with Crippen molar-refractivity contribution in [2.45, 2.75) is 47.0 Å². The molecule has 2 N–H and O–H groups in total. The van der Waals surface area contributed by atoms with Crippen molar-refractivity contribution in [1.82, 2.24) is 0 Å². The first-order chi connectivity index (χ1) is 6.61. The molecule has 0 heterocycles. The quantitative estimate of drug-likeness (QED) is 0.765. The maximum absolute atomic E-state index is 11.0. The van der Waals surface area contributed by atoms with Crippen LogP contribution in [0.2, 0.25) is 0 Å². The van der Waals surface area contributed by atoms with E-state index in [-0.39, 0.29) is 32.3 Å². The van der Waals surface area contributed by atoms with Gasteiger partial charge in [0.25, 0.3) is 0 Å². The molecule has 0 aliphatic carbocycles. The monoisotopic (exact) mass is 334 g/mol. The second kappa shape index (κ2) is 6.52. The van der Waals surface area contributed by atoms with Crippen molar-refractivity contribution in [1.29, 1.82) is 0 Å². The second-order valence-electron chi connectivity index (χ2n) is 5.06. The van der Waals surface area contributed by atoms with Gasteiger partial charge in [-0.2, -0.15) is 0 Å². The molecule has 4 nitrogen and oxygen atoms in total. The van der Waals surface area contributed by atoms with E-state index in [9.17, 15) is 9.59 Å². The maximum atomic E-state index is 11.0. The van der Waals surface area contributed by atoms with Crippen LogP contribution < -0.4 is 0 Å². The number of rotatable bonds is 6. The van der Waals surface area contributed by atoms with E-state index in [4.69, 9.17) is 10.2 Å². The molecule has 0 aromatic rings. The summed E-state index contributed by atoms with van der Waals surface area (Å²) >= 11 is 0. The topological polar surface area (TPSA) is 74.6 Å². The molecule has 16 heavy (non-hydrogen) atoms. The average Bonchev–Trinajstić information content (AvgIpc) is 2.02. The number of aliphatic carboxylic acids is 2. The molecule has 0 radical (unpaired) electrons. The minimum absolute atomic E-state index is 0. The van der Waals surface area contributed by atoms with E-state index in [1.54, 1.807) is 13.8 Å². The van der Waals surface area contributed by atoms with Crippen molar-refractivity contribution in [2.24, 2.45) is 10.8 Å². The number of carboxylic acids is 2. The summed E-state index contributed by atoms with van der Waals surface area (Å²) in [6, 6.07) is 0. The molecule has 0 aromatic heterocycles. The molecule has 0 saturated heterocycles. The molecule has 0 bridgehead atoms. The number of carboxylic acid groups (broad SMARTS) is 2. The fraction of sp³-hybridized carbons (Fsp3) is 0.818. The van der Waals surface area contributed by atoms with Gasteiger partial charge in [-0.25, -0.2) is 0 Å². The zero-order chi connectivity index (χ0) is 12.3. The van der Waals surface area contributed by atoms with E-state index in [1.165, 1.54) is 0 Å². The van der Waals surface area contributed by atoms with E-state index in [0.717, 1.165) is 0 Å². The first-order valence-electron chi connectivity index (χ1n) is 5.06. The standard InChI is InChI=1S/C11H20O4.In.3H/c1-10(2,7-5-6-8(12)13)11(3,4)9(14)15;;;;/h5-7H2,1-4H3,(H,12,13)(H,14,15);;;;. The Kier molecular flexibility index (Phi) is 7.41. The van der Waals surface area contributed by atoms with Crippen LogP contribution in [0.4, 0.5) is 0 Å². The Balaban J connectivity index is 0. The van der Waals surface area contributed by atoms with E-state index in [0.29, 0.717) is 12.8 Å². The fourth-order valence-corrected chi connectivity index (χ4v) is 1.28. The van der Waals surface area contributed by atoms with Gasteiger partial charge in [-0.05, 0) is 32.1 Å². The predicted octanol–water partition coefficient (Wildman–Crippen LogP) is 1.19. The molecule has 0 amide bonds. The Bertz CT molecular complexity index is 259. The summed E-state index contributed by atoms with van der Waals surface area (Å²) in [7, 11) is 0. The minimum atomic E-state index is -0.845. The van der Waals surface area contributed by atoms with Gasteiger partial charge in [0.15, 0.2) is 0 Å². The molecule has 0 atom stereocenters. The molecule has 0 aromatic carbocycles. The molecule has 94 valence electrons. The molecule has 0 aliphatic rings. The molecular formula is C11H23InO4. The van der Waals surface area contributed by atoms with Gasteiger partial charge in [0.05, 0.1) is 5.41 Å². The molecule has 0 aliphatic heterocycles. The van der Waals surface area contributed by atoms with Crippen molar-refractivity contribution >= 4 is 37.8 Å². The van der Waals surface area contributed by atoms with Crippen molar-refractivity contribution in [3.05, 3.63) is 0 Å². The van der Waals surface area contributed by atoms with Gasteiger partial charge in [-0.3, -0.25) is 9.59 Å². The van der Waals surface area contributed by atoms with E-state index in [2.05, 4.69) is 0 Å². The summed E-state index contributed by atoms with van der Waals surface area (Å²) in [6.45, 7) is 7.08. The van der Waals surface area contributed by atoms with Crippen molar-refractivity contribution in [3.8, 4) is 0 Å². The first-order valence-corrected chi connectivity index (χ1v) is 5.06. The Morgan fingerprint density at radius 2 is 1.50 bits per heavy atom. The molecule has 0 spiro atoms. The van der Waals surface area contributed by atoms with Crippen LogP contribution in [0, 0.1) is 10.8 Å². The Labute approximate surface area is 115 Å². The van der Waals surface area contributed by atoms with Gasteiger partial charge >= 0.3 is 37.8 Å². The van der Waals surface area contributed by atoms with Gasteiger partial charge < -0.3 is 10.2 Å². The van der Waals surface area contributed by atoms with Gasteiger partial charge in [0.2, 0.25) is 0 Å². The summed E-state index contributed by atoms with van der Waals surface area (Å²) in [5, 5.41) is 17.6. The van der Waals surface area contributed by atoms with E-state index in [1.807, 2.05) is 13.8 Å². The van der Waals surface area contributed by atoms with Crippen LogP contribution >= 0.6 is 0 Å². The zero-order valence-electron chi connectivity index (χ0n) is 9.83. The average molecular weight is 334 g/mol. The second-order valence-corrected chi connectivity index (χ2v) is 5.06. The van der Waals surface area contributed by atoms with Gasteiger partial charge in [0.1, 0.15) is 0 Å². The van der Waals surface area contributed by atoms with Crippen molar-refractivity contribution in [3.63, 3.8) is 0 Å². The molecule has 0 saturated carbocycles. The summed E-state index contributed by atoms with van der Waals surface area (Å²) in [4.78, 5) is 21.4. The third-order valence-corrected chi connectivity index (χ3v) is 3.42. The molecule has 0 unspecified atom stereocenters. The van der Waals surface area contributed by atoms with Crippen LogP contribution in [0.5, 0.6) is 0 Å². The van der Waals surface area contributed by atoms with Gasteiger partial charge in [-0.15, -0.1) is 0 Å². The van der Waals surface area contributed by atoms with Crippen molar-refractivity contribution < 1.29 is 19.8 Å². The number of hydrogen-bond acceptors (Lipinski definition) is 2. The number of carbonyl (C=O) groups is 2. The summed E-state index contributed by atoms with van der Waals surface area (Å²) in [5.74, 6) is -1.68. The van der Waals surface area contributed by atoms with Crippen LogP contribution in [0.1, 0.15) is 47.0 Å². The molecule has 5 heteroatoms. The summed E-state index contributed by atoms with van der Waals surface area (Å²) in [6.07, 6.45) is 1.21. The first kappa shape index (κ1) is 18.2. The SMILES string of the molecule is CC(C)(CCCC(=O)O)C(C)(C)C(=O)O.[InH3]. The van der Waals surface area contributed by atoms with Crippen LogP contribution in [0.3, 0.4) is 0 Å². The van der Waals surface area contributed by atoms with Crippen molar-refractivity contribution in [2.75, 3.05) is 0 Å².